The van der Waals surface area contributed by atoms with Gasteiger partial charge in [-0.25, -0.2) is 0 Å². The fourth-order valence-electron chi connectivity index (χ4n) is 2.05. The summed E-state index contributed by atoms with van der Waals surface area (Å²) in [5, 5.41) is 11.8. The zero-order valence-electron chi connectivity index (χ0n) is 10.0. The van der Waals surface area contributed by atoms with Gasteiger partial charge in [0.1, 0.15) is 0 Å². The summed E-state index contributed by atoms with van der Waals surface area (Å²) in [5.41, 5.74) is 2.88. The molecule has 3 heteroatoms. The van der Waals surface area contributed by atoms with Gasteiger partial charge in [-0.3, -0.25) is 0 Å². The van der Waals surface area contributed by atoms with Crippen molar-refractivity contribution >= 4 is 11.8 Å². The van der Waals surface area contributed by atoms with Crippen molar-refractivity contribution in [1.29, 1.82) is 5.26 Å². The van der Waals surface area contributed by atoms with E-state index in [1.165, 1.54) is 34.6 Å². The quantitative estimate of drug-likeness (QED) is 0.811. The molecule has 2 nitrogen and oxygen atoms in total. The number of fused-ring (bicyclic) bond motifs is 1. The van der Waals surface area contributed by atoms with Gasteiger partial charge >= 0.3 is 0 Å². The van der Waals surface area contributed by atoms with Crippen molar-refractivity contribution in [1.82, 2.24) is 5.32 Å². The van der Waals surface area contributed by atoms with E-state index in [0.29, 0.717) is 6.42 Å². The molecule has 2 rings (SSSR count). The molecule has 1 aromatic rings. The minimum atomic E-state index is 0.647. The molecule has 90 valence electrons. The van der Waals surface area contributed by atoms with Gasteiger partial charge < -0.3 is 5.32 Å². The molecule has 0 aromatic heterocycles. The molecular weight excluding hydrogens is 228 g/mol. The molecule has 0 radical (unpaired) electrons. The highest BCUT2D eigenvalue weighted by atomic mass is 32.2. The van der Waals surface area contributed by atoms with E-state index in [9.17, 15) is 0 Å². The van der Waals surface area contributed by atoms with Crippen molar-refractivity contribution in [3.8, 4) is 6.07 Å². The van der Waals surface area contributed by atoms with Crippen LogP contribution in [0.4, 0.5) is 0 Å². The molecule has 0 fully saturated rings. The number of thioether (sulfide) groups is 1. The normalized spacial score (nSPS) is 14.1. The molecule has 0 saturated carbocycles. The molecule has 1 aliphatic rings. The van der Waals surface area contributed by atoms with Gasteiger partial charge in [0.25, 0.3) is 0 Å². The Morgan fingerprint density at radius 3 is 3.24 bits per heavy atom. The number of aryl methyl sites for hydroxylation is 1. The molecule has 0 unspecified atom stereocenters. The standard InChI is InChI=1S/C14H18N2S/c15-7-1-2-8-16-11-12-5-6-14-13(10-12)4-3-9-17-14/h5-6,10,16H,1-4,8-9,11H2. The number of rotatable bonds is 5. The lowest BCUT2D eigenvalue weighted by molar-refractivity contribution is 0.656. The molecule has 0 amide bonds. The second-order valence-electron chi connectivity index (χ2n) is 4.33. The lowest BCUT2D eigenvalue weighted by Crippen LogP contribution is -2.14. The van der Waals surface area contributed by atoms with Crippen molar-refractivity contribution in [2.24, 2.45) is 0 Å². The molecule has 1 aliphatic heterocycles. The summed E-state index contributed by atoms with van der Waals surface area (Å²) >= 11 is 1.98. The summed E-state index contributed by atoms with van der Waals surface area (Å²) in [6.45, 7) is 1.85. The molecule has 0 spiro atoms. The van der Waals surface area contributed by atoms with Crippen LogP contribution in [0.15, 0.2) is 23.1 Å². The Bertz CT molecular complexity index is 409. The van der Waals surface area contributed by atoms with Crippen LogP contribution in [-0.4, -0.2) is 12.3 Å². The van der Waals surface area contributed by atoms with E-state index in [1.807, 2.05) is 11.8 Å². The van der Waals surface area contributed by atoms with Crippen LogP contribution in [0.2, 0.25) is 0 Å². The van der Waals surface area contributed by atoms with Crippen LogP contribution in [0.3, 0.4) is 0 Å². The monoisotopic (exact) mass is 246 g/mol. The first kappa shape index (κ1) is 12.5. The van der Waals surface area contributed by atoms with Gasteiger partial charge in [-0.15, -0.1) is 11.8 Å². The molecule has 17 heavy (non-hydrogen) atoms. The summed E-state index contributed by atoms with van der Waals surface area (Å²) in [6.07, 6.45) is 4.12. The predicted octanol–water partition coefficient (Wildman–Crippen LogP) is 3.12. The van der Waals surface area contributed by atoms with Crippen LogP contribution in [-0.2, 0) is 13.0 Å². The van der Waals surface area contributed by atoms with Crippen LogP contribution in [0, 0.1) is 11.3 Å². The van der Waals surface area contributed by atoms with Gasteiger partial charge in [0, 0.05) is 17.9 Å². The number of nitriles is 1. The number of hydrogen-bond acceptors (Lipinski definition) is 3. The van der Waals surface area contributed by atoms with E-state index < -0.39 is 0 Å². The van der Waals surface area contributed by atoms with Gasteiger partial charge in [0.05, 0.1) is 6.07 Å². The molecule has 0 aliphatic carbocycles. The second kappa shape index (κ2) is 6.68. The van der Waals surface area contributed by atoms with Gasteiger partial charge in [-0.1, -0.05) is 12.1 Å². The molecule has 0 saturated heterocycles. The van der Waals surface area contributed by atoms with E-state index in [2.05, 4.69) is 29.6 Å². The summed E-state index contributed by atoms with van der Waals surface area (Å²) in [6, 6.07) is 8.97. The maximum atomic E-state index is 8.43. The van der Waals surface area contributed by atoms with Crippen LogP contribution >= 0.6 is 11.8 Å². The number of benzene rings is 1. The molecular formula is C14H18N2S. The lowest BCUT2D eigenvalue weighted by atomic mass is 10.1. The highest BCUT2D eigenvalue weighted by Crippen LogP contribution is 2.30. The van der Waals surface area contributed by atoms with Crippen LogP contribution in [0.1, 0.15) is 30.4 Å². The minimum Gasteiger partial charge on any atom is -0.313 e. The van der Waals surface area contributed by atoms with Gasteiger partial charge in [0.15, 0.2) is 0 Å². The Morgan fingerprint density at radius 1 is 1.41 bits per heavy atom. The Balaban J connectivity index is 1.83. The summed E-state index contributed by atoms with van der Waals surface area (Å²) in [7, 11) is 0. The first-order valence-corrected chi connectivity index (χ1v) is 7.21. The van der Waals surface area contributed by atoms with Crippen LogP contribution in [0.25, 0.3) is 0 Å². The topological polar surface area (TPSA) is 35.8 Å². The van der Waals surface area contributed by atoms with Crippen molar-refractivity contribution < 1.29 is 0 Å². The van der Waals surface area contributed by atoms with Crippen molar-refractivity contribution in [3.05, 3.63) is 29.3 Å². The molecule has 1 aromatic carbocycles. The van der Waals surface area contributed by atoms with E-state index in [4.69, 9.17) is 5.26 Å². The third-order valence-corrected chi connectivity index (χ3v) is 4.15. The average molecular weight is 246 g/mol. The van der Waals surface area contributed by atoms with Gasteiger partial charge in [0.2, 0.25) is 0 Å². The lowest BCUT2D eigenvalue weighted by Gasteiger charge is -2.16. The first-order chi connectivity index (χ1) is 8.40. The van der Waals surface area contributed by atoms with Crippen molar-refractivity contribution in [2.45, 2.75) is 37.1 Å². The van der Waals surface area contributed by atoms with E-state index in [-0.39, 0.29) is 0 Å². The number of nitrogens with one attached hydrogen (secondary N) is 1. The van der Waals surface area contributed by atoms with Crippen LogP contribution < -0.4 is 5.32 Å². The number of hydrogen-bond donors (Lipinski definition) is 1. The number of unbranched alkanes of at least 4 members (excludes halogenated alkanes) is 1. The zero-order valence-corrected chi connectivity index (χ0v) is 10.9. The smallest absolute Gasteiger partial charge is 0.0622 e. The summed E-state index contributed by atoms with van der Waals surface area (Å²) in [5.74, 6) is 1.26. The largest absolute Gasteiger partial charge is 0.313 e. The fourth-order valence-corrected chi connectivity index (χ4v) is 3.07. The highest BCUT2D eigenvalue weighted by molar-refractivity contribution is 7.99. The van der Waals surface area contributed by atoms with E-state index in [1.54, 1.807) is 0 Å². The fraction of sp³-hybridized carbons (Fsp3) is 0.500. The summed E-state index contributed by atoms with van der Waals surface area (Å²) in [4.78, 5) is 1.46. The van der Waals surface area contributed by atoms with Crippen LogP contribution in [0.5, 0.6) is 0 Å². The summed E-state index contributed by atoms with van der Waals surface area (Å²) < 4.78 is 0. The molecule has 0 bridgehead atoms. The Hall–Kier alpha value is -0.980. The number of nitrogens with zero attached hydrogens (tertiary/aromatic N) is 1. The Morgan fingerprint density at radius 2 is 2.35 bits per heavy atom. The second-order valence-corrected chi connectivity index (χ2v) is 5.47. The zero-order chi connectivity index (χ0) is 11.9. The molecule has 1 heterocycles. The molecule has 1 N–H and O–H groups in total. The van der Waals surface area contributed by atoms with Crippen molar-refractivity contribution in [2.75, 3.05) is 12.3 Å². The maximum absolute atomic E-state index is 8.43. The van der Waals surface area contributed by atoms with Crippen molar-refractivity contribution in [3.63, 3.8) is 0 Å². The average Bonchev–Trinajstić information content (AvgIpc) is 2.38. The Labute approximate surface area is 107 Å². The van der Waals surface area contributed by atoms with E-state index in [0.717, 1.165) is 19.5 Å². The predicted molar refractivity (Wildman–Crippen MR) is 72.0 cm³/mol. The van der Waals surface area contributed by atoms with Gasteiger partial charge in [-0.05, 0) is 48.8 Å². The third kappa shape index (κ3) is 3.76. The Kier molecular flexibility index (Phi) is 4.90. The minimum absolute atomic E-state index is 0.647. The first-order valence-electron chi connectivity index (χ1n) is 6.22. The van der Waals surface area contributed by atoms with E-state index >= 15 is 0 Å². The SMILES string of the molecule is N#CCCCNCc1ccc2c(c1)CCCS2. The highest BCUT2D eigenvalue weighted by Gasteiger charge is 2.09. The molecule has 0 atom stereocenters. The third-order valence-electron chi connectivity index (χ3n) is 2.94. The maximum Gasteiger partial charge on any atom is 0.0622 e. The van der Waals surface area contributed by atoms with Gasteiger partial charge in [-0.2, -0.15) is 5.26 Å².